The lowest BCUT2D eigenvalue weighted by Crippen LogP contribution is -2.51. The molecule has 0 radical (unpaired) electrons. The van der Waals surface area contributed by atoms with Crippen molar-refractivity contribution in [1.82, 2.24) is 15.6 Å². The normalized spacial score (nSPS) is 13.8. The van der Waals surface area contributed by atoms with Gasteiger partial charge in [-0.25, -0.2) is 4.98 Å². The van der Waals surface area contributed by atoms with E-state index in [1.807, 2.05) is 57.9 Å². The molecule has 0 bridgehead atoms. The van der Waals surface area contributed by atoms with E-state index < -0.39 is 34.5 Å². The standard InChI is InChI=1S/C26H26N4O6S3/c31-15-24(32)27-21(14-17-5-2-1-3-6-17)25(33)28-20(22-16-38-26(29-22)23-7-4-12-37-23)13-18-8-10-19(11-9-18)30-39(34,35)36/h1-12,15-16,20-21,24,27,30,32H,13-14H2,(H,28,33)(H,34,35,36)/t20-,21-,24?/m0/s1. The number of thiophene rings is 1. The first-order valence-electron chi connectivity index (χ1n) is 11.8. The zero-order valence-corrected chi connectivity index (χ0v) is 22.9. The van der Waals surface area contributed by atoms with Crippen molar-refractivity contribution in [3.05, 3.63) is 94.3 Å². The highest BCUT2D eigenvalue weighted by Gasteiger charge is 2.26. The molecule has 5 N–H and O–H groups in total. The van der Waals surface area contributed by atoms with Gasteiger partial charge in [-0.2, -0.15) is 8.42 Å². The van der Waals surface area contributed by atoms with Crippen molar-refractivity contribution in [3.8, 4) is 9.88 Å². The number of hydrogen-bond donors (Lipinski definition) is 5. The Labute approximate surface area is 233 Å². The second-order valence-corrected chi connectivity index (χ2v) is 11.5. The molecule has 10 nitrogen and oxygen atoms in total. The number of aromatic nitrogens is 1. The Morgan fingerprint density at radius 2 is 1.69 bits per heavy atom. The number of nitrogens with one attached hydrogen (secondary N) is 3. The Bertz CT molecular complexity index is 1480. The topological polar surface area (TPSA) is 158 Å². The molecular weight excluding hydrogens is 561 g/mol. The molecule has 3 atom stereocenters. The third kappa shape index (κ3) is 8.51. The summed E-state index contributed by atoms with van der Waals surface area (Å²) in [7, 11) is -4.41. The summed E-state index contributed by atoms with van der Waals surface area (Å²) >= 11 is 3.00. The number of carbonyl (C=O) groups is 2. The number of amides is 1. The van der Waals surface area contributed by atoms with E-state index in [4.69, 9.17) is 9.54 Å². The number of nitrogens with zero attached hydrogens (tertiary/aromatic N) is 1. The van der Waals surface area contributed by atoms with Gasteiger partial charge >= 0.3 is 10.3 Å². The Hall–Kier alpha value is -3.46. The van der Waals surface area contributed by atoms with Gasteiger partial charge in [0.2, 0.25) is 5.91 Å². The monoisotopic (exact) mass is 586 g/mol. The molecular formula is C26H26N4O6S3. The maximum Gasteiger partial charge on any atom is 0.357 e. The van der Waals surface area contributed by atoms with E-state index in [2.05, 4.69) is 10.6 Å². The molecule has 2 aromatic heterocycles. The molecule has 4 rings (SSSR count). The summed E-state index contributed by atoms with van der Waals surface area (Å²) in [5, 5.41) is 20.2. The summed E-state index contributed by atoms with van der Waals surface area (Å²) in [5.74, 6) is -0.430. The van der Waals surface area contributed by atoms with Gasteiger partial charge in [0.1, 0.15) is 5.01 Å². The van der Waals surface area contributed by atoms with Gasteiger partial charge in [-0.1, -0.05) is 48.5 Å². The molecule has 0 fully saturated rings. The van der Waals surface area contributed by atoms with Crippen LogP contribution in [0.4, 0.5) is 5.69 Å². The number of aliphatic hydroxyl groups is 1. The van der Waals surface area contributed by atoms with Crippen molar-refractivity contribution in [2.75, 3.05) is 4.72 Å². The second-order valence-electron chi connectivity index (χ2n) is 8.58. The van der Waals surface area contributed by atoms with Crippen LogP contribution >= 0.6 is 22.7 Å². The third-order valence-electron chi connectivity index (χ3n) is 5.67. The van der Waals surface area contributed by atoms with Gasteiger partial charge < -0.3 is 10.4 Å². The van der Waals surface area contributed by atoms with E-state index in [1.165, 1.54) is 23.5 Å². The molecule has 0 aliphatic rings. The van der Waals surface area contributed by atoms with Crippen LogP contribution in [0, 0.1) is 0 Å². The third-order valence-corrected chi connectivity index (χ3v) is 8.06. The van der Waals surface area contributed by atoms with Crippen LogP contribution in [0.1, 0.15) is 22.9 Å². The minimum atomic E-state index is -4.41. The molecule has 39 heavy (non-hydrogen) atoms. The molecule has 2 aromatic carbocycles. The Morgan fingerprint density at radius 1 is 0.974 bits per heavy atom. The Kier molecular flexibility index (Phi) is 9.56. The fourth-order valence-electron chi connectivity index (χ4n) is 3.88. The van der Waals surface area contributed by atoms with E-state index in [0.717, 1.165) is 21.0 Å². The van der Waals surface area contributed by atoms with E-state index in [9.17, 15) is 23.1 Å². The fraction of sp³-hybridized carbons (Fsp3) is 0.192. The molecule has 2 heterocycles. The lowest BCUT2D eigenvalue weighted by molar-refractivity contribution is -0.126. The molecule has 4 aromatic rings. The van der Waals surface area contributed by atoms with Crippen LogP contribution in [-0.4, -0.2) is 47.5 Å². The first kappa shape index (κ1) is 28.5. The summed E-state index contributed by atoms with van der Waals surface area (Å²) in [4.78, 5) is 30.4. The predicted molar refractivity (Wildman–Crippen MR) is 151 cm³/mol. The molecule has 0 saturated carbocycles. The summed E-state index contributed by atoms with van der Waals surface area (Å²) in [5.41, 5.74) is 2.43. The van der Waals surface area contributed by atoms with E-state index in [0.29, 0.717) is 18.4 Å². The zero-order valence-electron chi connectivity index (χ0n) is 20.4. The second kappa shape index (κ2) is 13.1. The summed E-state index contributed by atoms with van der Waals surface area (Å²) < 4.78 is 33.2. The largest absolute Gasteiger partial charge is 0.371 e. The van der Waals surface area contributed by atoms with Gasteiger partial charge in [0, 0.05) is 5.38 Å². The summed E-state index contributed by atoms with van der Waals surface area (Å²) in [6.45, 7) is 0. The molecule has 1 amide bonds. The average Bonchev–Trinajstić information content (AvgIpc) is 3.61. The molecule has 0 aliphatic carbocycles. The van der Waals surface area contributed by atoms with Crippen molar-refractivity contribution < 1.29 is 27.7 Å². The van der Waals surface area contributed by atoms with Crippen molar-refractivity contribution >= 4 is 50.9 Å². The van der Waals surface area contributed by atoms with Gasteiger partial charge in [-0.15, -0.1) is 22.7 Å². The first-order chi connectivity index (χ1) is 18.7. The van der Waals surface area contributed by atoms with Crippen LogP contribution < -0.4 is 15.4 Å². The van der Waals surface area contributed by atoms with Crippen LogP contribution in [0.3, 0.4) is 0 Å². The predicted octanol–water partition coefficient (Wildman–Crippen LogP) is 3.20. The Morgan fingerprint density at radius 3 is 2.33 bits per heavy atom. The number of aliphatic hydroxyl groups excluding tert-OH is 1. The van der Waals surface area contributed by atoms with Crippen molar-refractivity contribution in [2.24, 2.45) is 0 Å². The van der Waals surface area contributed by atoms with Gasteiger partial charge in [-0.3, -0.25) is 24.2 Å². The molecule has 0 aliphatic heterocycles. The number of anilines is 1. The first-order valence-corrected chi connectivity index (χ1v) is 15.0. The minimum Gasteiger partial charge on any atom is -0.371 e. The van der Waals surface area contributed by atoms with E-state index in [-0.39, 0.29) is 12.1 Å². The molecule has 0 saturated heterocycles. The maximum atomic E-state index is 13.5. The van der Waals surface area contributed by atoms with Gasteiger partial charge in [0.05, 0.1) is 28.3 Å². The molecule has 13 heteroatoms. The molecule has 1 unspecified atom stereocenters. The van der Waals surface area contributed by atoms with Crippen LogP contribution in [-0.2, 0) is 32.7 Å². The lowest BCUT2D eigenvalue weighted by atomic mass is 10.0. The maximum absolute atomic E-state index is 13.5. The fourth-order valence-corrected chi connectivity index (χ4v) is 6.00. The number of thiazole rings is 1. The number of benzene rings is 2. The van der Waals surface area contributed by atoms with Crippen LogP contribution in [0.2, 0.25) is 0 Å². The SMILES string of the molecule is O=CC(O)N[C@@H](Cc1ccccc1)C(=O)N[C@@H](Cc1ccc(NS(=O)(=O)O)cc1)c1csc(-c2cccs2)n1. The van der Waals surface area contributed by atoms with Crippen molar-refractivity contribution in [3.63, 3.8) is 0 Å². The number of aldehydes is 1. The highest BCUT2D eigenvalue weighted by atomic mass is 32.2. The van der Waals surface area contributed by atoms with Gasteiger partial charge in [-0.05, 0) is 47.5 Å². The smallest absolute Gasteiger partial charge is 0.357 e. The highest BCUT2D eigenvalue weighted by Crippen LogP contribution is 2.31. The summed E-state index contributed by atoms with van der Waals surface area (Å²) in [6, 6.07) is 18.0. The van der Waals surface area contributed by atoms with Crippen LogP contribution in [0.15, 0.2) is 77.5 Å². The zero-order chi connectivity index (χ0) is 27.8. The average molecular weight is 587 g/mol. The minimum absolute atomic E-state index is 0.186. The molecule has 0 spiro atoms. The summed E-state index contributed by atoms with van der Waals surface area (Å²) in [6.07, 6.45) is -0.647. The highest BCUT2D eigenvalue weighted by molar-refractivity contribution is 7.87. The Balaban J connectivity index is 1.59. The van der Waals surface area contributed by atoms with Gasteiger partial charge in [0.25, 0.3) is 0 Å². The number of hydrogen-bond acceptors (Lipinski definition) is 9. The lowest BCUT2D eigenvalue weighted by Gasteiger charge is -2.24. The van der Waals surface area contributed by atoms with Crippen LogP contribution in [0.5, 0.6) is 0 Å². The quantitative estimate of drug-likeness (QED) is 0.0908. The van der Waals surface area contributed by atoms with E-state index >= 15 is 0 Å². The number of rotatable bonds is 13. The van der Waals surface area contributed by atoms with Crippen molar-refractivity contribution in [2.45, 2.75) is 31.2 Å². The van der Waals surface area contributed by atoms with Gasteiger partial charge in [0.15, 0.2) is 12.5 Å². The van der Waals surface area contributed by atoms with E-state index in [1.54, 1.807) is 23.5 Å². The molecule has 204 valence electrons. The van der Waals surface area contributed by atoms with Crippen molar-refractivity contribution in [1.29, 1.82) is 0 Å². The number of carbonyl (C=O) groups excluding carboxylic acids is 2. The van der Waals surface area contributed by atoms with Crippen LogP contribution in [0.25, 0.3) is 9.88 Å².